The van der Waals surface area contributed by atoms with Crippen LogP contribution in [0.1, 0.15) is 23.7 Å². The SMILES string of the molecule is CCNC(=NCc1cc(OC)ccc1O)NCCc1c(C)[nH]c2ccccc12. The topological polar surface area (TPSA) is 81.7 Å². The van der Waals surface area contributed by atoms with Crippen molar-refractivity contribution >= 4 is 16.9 Å². The molecule has 4 N–H and O–H groups in total. The number of aromatic hydroxyl groups is 1. The second kappa shape index (κ2) is 9.17. The number of ether oxygens (including phenoxy) is 1. The van der Waals surface area contributed by atoms with Crippen LogP contribution < -0.4 is 15.4 Å². The fourth-order valence-electron chi connectivity index (χ4n) is 3.28. The first-order valence-corrected chi connectivity index (χ1v) is 9.56. The van der Waals surface area contributed by atoms with E-state index >= 15 is 0 Å². The van der Waals surface area contributed by atoms with Crippen LogP contribution in [0.2, 0.25) is 0 Å². The lowest BCUT2D eigenvalue weighted by molar-refractivity contribution is 0.411. The van der Waals surface area contributed by atoms with E-state index in [1.165, 1.54) is 22.2 Å². The number of phenolic OH excluding ortho intramolecular Hbond substituents is 1. The highest BCUT2D eigenvalue weighted by Gasteiger charge is 2.08. The molecule has 0 aliphatic heterocycles. The van der Waals surface area contributed by atoms with Gasteiger partial charge in [0, 0.05) is 35.2 Å². The molecule has 0 fully saturated rings. The van der Waals surface area contributed by atoms with Crippen molar-refractivity contribution in [3.8, 4) is 11.5 Å². The average Bonchev–Trinajstić information content (AvgIpc) is 3.02. The Labute approximate surface area is 165 Å². The molecule has 6 heteroatoms. The normalized spacial score (nSPS) is 11.6. The lowest BCUT2D eigenvalue weighted by Crippen LogP contribution is -2.38. The molecule has 0 amide bonds. The van der Waals surface area contributed by atoms with E-state index in [0.29, 0.717) is 12.3 Å². The molecule has 0 aliphatic rings. The number of fused-ring (bicyclic) bond motifs is 1. The van der Waals surface area contributed by atoms with E-state index in [9.17, 15) is 5.11 Å². The number of aryl methyl sites for hydroxylation is 1. The smallest absolute Gasteiger partial charge is 0.191 e. The summed E-state index contributed by atoms with van der Waals surface area (Å²) in [6.07, 6.45) is 0.894. The van der Waals surface area contributed by atoms with Gasteiger partial charge in [0.25, 0.3) is 0 Å². The third-order valence-corrected chi connectivity index (χ3v) is 4.73. The van der Waals surface area contributed by atoms with Gasteiger partial charge in [0.2, 0.25) is 0 Å². The van der Waals surface area contributed by atoms with E-state index in [1.54, 1.807) is 25.3 Å². The third-order valence-electron chi connectivity index (χ3n) is 4.73. The second-order valence-corrected chi connectivity index (χ2v) is 6.64. The highest BCUT2D eigenvalue weighted by molar-refractivity contribution is 5.84. The highest BCUT2D eigenvalue weighted by atomic mass is 16.5. The Bertz CT molecular complexity index is 962. The van der Waals surface area contributed by atoms with Crippen LogP contribution in [0.5, 0.6) is 11.5 Å². The summed E-state index contributed by atoms with van der Waals surface area (Å²) in [5.41, 5.74) is 4.42. The molecule has 0 unspecified atom stereocenters. The fraction of sp³-hybridized carbons (Fsp3) is 0.318. The van der Waals surface area contributed by atoms with Crippen molar-refractivity contribution < 1.29 is 9.84 Å². The first-order valence-electron chi connectivity index (χ1n) is 9.56. The number of rotatable bonds is 7. The second-order valence-electron chi connectivity index (χ2n) is 6.64. The van der Waals surface area contributed by atoms with Gasteiger partial charge in [-0.15, -0.1) is 0 Å². The molecular weight excluding hydrogens is 352 g/mol. The Balaban J connectivity index is 1.66. The first-order chi connectivity index (χ1) is 13.6. The number of phenols is 1. The summed E-state index contributed by atoms with van der Waals surface area (Å²) in [4.78, 5) is 8.04. The number of methoxy groups -OCH3 is 1. The highest BCUT2D eigenvalue weighted by Crippen LogP contribution is 2.24. The zero-order valence-electron chi connectivity index (χ0n) is 16.7. The number of guanidine groups is 1. The number of hydrogen-bond donors (Lipinski definition) is 4. The fourth-order valence-corrected chi connectivity index (χ4v) is 3.28. The van der Waals surface area contributed by atoms with Gasteiger partial charge in [0.05, 0.1) is 13.7 Å². The molecule has 1 heterocycles. The van der Waals surface area contributed by atoms with E-state index in [4.69, 9.17) is 4.74 Å². The molecule has 28 heavy (non-hydrogen) atoms. The molecular formula is C22H28N4O2. The van der Waals surface area contributed by atoms with E-state index in [0.717, 1.165) is 31.0 Å². The summed E-state index contributed by atoms with van der Waals surface area (Å²) >= 11 is 0. The van der Waals surface area contributed by atoms with E-state index < -0.39 is 0 Å². The third kappa shape index (κ3) is 4.57. The number of aromatic amines is 1. The zero-order valence-corrected chi connectivity index (χ0v) is 16.7. The number of hydrogen-bond acceptors (Lipinski definition) is 3. The van der Waals surface area contributed by atoms with Gasteiger partial charge in [-0.05, 0) is 50.1 Å². The van der Waals surface area contributed by atoms with E-state index in [1.807, 2.05) is 13.0 Å². The van der Waals surface area contributed by atoms with Crippen molar-refractivity contribution in [2.45, 2.75) is 26.8 Å². The van der Waals surface area contributed by atoms with Crippen LogP contribution >= 0.6 is 0 Å². The molecule has 3 aromatic rings. The molecule has 0 radical (unpaired) electrons. The molecule has 0 saturated carbocycles. The Morgan fingerprint density at radius 2 is 2.00 bits per heavy atom. The van der Waals surface area contributed by atoms with Crippen LogP contribution in [-0.4, -0.2) is 36.2 Å². The zero-order chi connectivity index (χ0) is 19.9. The summed E-state index contributed by atoms with van der Waals surface area (Å²) in [5, 5.41) is 17.9. The van der Waals surface area contributed by atoms with Gasteiger partial charge in [0.15, 0.2) is 5.96 Å². The van der Waals surface area contributed by atoms with Crippen molar-refractivity contribution in [3.63, 3.8) is 0 Å². The van der Waals surface area contributed by atoms with Crippen LogP contribution in [0.4, 0.5) is 0 Å². The van der Waals surface area contributed by atoms with Crippen molar-refractivity contribution in [1.82, 2.24) is 15.6 Å². The van der Waals surface area contributed by atoms with Crippen LogP contribution in [0.3, 0.4) is 0 Å². The molecule has 0 bridgehead atoms. The molecule has 2 aromatic carbocycles. The van der Waals surface area contributed by atoms with Gasteiger partial charge < -0.3 is 25.5 Å². The van der Waals surface area contributed by atoms with Crippen molar-refractivity contribution in [2.24, 2.45) is 4.99 Å². The quantitative estimate of drug-likeness (QED) is 0.374. The maximum absolute atomic E-state index is 10.0. The maximum Gasteiger partial charge on any atom is 0.191 e. The van der Waals surface area contributed by atoms with Gasteiger partial charge in [-0.2, -0.15) is 0 Å². The Hall–Kier alpha value is -3.15. The molecule has 1 aromatic heterocycles. The van der Waals surface area contributed by atoms with Crippen LogP contribution in [-0.2, 0) is 13.0 Å². The van der Waals surface area contributed by atoms with Crippen molar-refractivity contribution in [3.05, 3.63) is 59.3 Å². The number of nitrogens with zero attached hydrogens (tertiary/aromatic N) is 1. The lowest BCUT2D eigenvalue weighted by Gasteiger charge is -2.12. The predicted octanol–water partition coefficient (Wildman–Crippen LogP) is 3.49. The molecule has 3 rings (SSSR count). The Morgan fingerprint density at radius 1 is 1.18 bits per heavy atom. The number of H-pyrrole nitrogens is 1. The summed E-state index contributed by atoms with van der Waals surface area (Å²) in [6, 6.07) is 13.5. The van der Waals surface area contributed by atoms with Gasteiger partial charge in [-0.1, -0.05) is 18.2 Å². The van der Waals surface area contributed by atoms with Crippen LogP contribution in [0.15, 0.2) is 47.5 Å². The molecule has 148 valence electrons. The predicted molar refractivity (Wildman–Crippen MR) is 114 cm³/mol. The summed E-state index contributed by atoms with van der Waals surface area (Å²) in [7, 11) is 1.61. The maximum atomic E-state index is 10.0. The Morgan fingerprint density at radius 3 is 2.79 bits per heavy atom. The van der Waals surface area contributed by atoms with E-state index in [-0.39, 0.29) is 5.75 Å². The molecule has 0 spiro atoms. The molecule has 6 nitrogen and oxygen atoms in total. The number of aliphatic imine (C=N–C) groups is 1. The van der Waals surface area contributed by atoms with Crippen molar-refractivity contribution in [2.75, 3.05) is 20.2 Å². The minimum atomic E-state index is 0.217. The number of aromatic nitrogens is 1. The van der Waals surface area contributed by atoms with Gasteiger partial charge in [-0.25, -0.2) is 4.99 Å². The van der Waals surface area contributed by atoms with Gasteiger partial charge >= 0.3 is 0 Å². The summed E-state index contributed by atoms with van der Waals surface area (Å²) in [5.74, 6) is 1.65. The van der Waals surface area contributed by atoms with Crippen LogP contribution in [0, 0.1) is 6.92 Å². The monoisotopic (exact) mass is 380 g/mol. The summed E-state index contributed by atoms with van der Waals surface area (Å²) in [6.45, 7) is 6.04. The number of benzene rings is 2. The van der Waals surface area contributed by atoms with E-state index in [2.05, 4.69) is 45.7 Å². The van der Waals surface area contributed by atoms with Crippen LogP contribution in [0.25, 0.3) is 10.9 Å². The largest absolute Gasteiger partial charge is 0.508 e. The number of para-hydroxylation sites is 1. The van der Waals surface area contributed by atoms with Gasteiger partial charge in [0.1, 0.15) is 11.5 Å². The molecule has 0 saturated heterocycles. The average molecular weight is 380 g/mol. The lowest BCUT2D eigenvalue weighted by atomic mass is 10.1. The van der Waals surface area contributed by atoms with Gasteiger partial charge in [-0.3, -0.25) is 0 Å². The Kier molecular flexibility index (Phi) is 6.42. The minimum absolute atomic E-state index is 0.217. The van der Waals surface area contributed by atoms with Crippen molar-refractivity contribution in [1.29, 1.82) is 0 Å². The number of nitrogens with one attached hydrogen (secondary N) is 3. The standard InChI is InChI=1S/C22H28N4O2/c1-4-23-22(25-14-16-13-17(28-3)9-10-21(16)27)24-12-11-18-15(2)26-20-8-6-5-7-19(18)20/h5-10,13,26-27H,4,11-12,14H2,1-3H3,(H2,23,24,25). The summed E-state index contributed by atoms with van der Waals surface area (Å²) < 4.78 is 5.22. The molecule has 0 aliphatic carbocycles. The molecule has 0 atom stereocenters. The minimum Gasteiger partial charge on any atom is -0.508 e. The first kappa shape index (κ1) is 19.6.